The van der Waals surface area contributed by atoms with Crippen molar-refractivity contribution in [3.63, 3.8) is 0 Å². The van der Waals surface area contributed by atoms with E-state index in [0.717, 1.165) is 6.07 Å². The molecular weight excluding hydrogens is 595 g/mol. The number of nitrogens with one attached hydrogen (secondary N) is 1. The molecule has 0 bridgehead atoms. The summed E-state index contributed by atoms with van der Waals surface area (Å²) in [6.45, 7) is 3.20. The maximum absolute atomic E-state index is 15.6. The maximum Gasteiger partial charge on any atom is 0.338 e. The summed E-state index contributed by atoms with van der Waals surface area (Å²) in [6.07, 6.45) is 2.28. The van der Waals surface area contributed by atoms with E-state index in [-0.39, 0.29) is 30.1 Å². The van der Waals surface area contributed by atoms with Gasteiger partial charge in [0.25, 0.3) is 5.92 Å². The number of thiazole rings is 1. The fraction of sp³-hybridized carbons (Fsp3) is 0.500. The number of carboxylic acids is 1. The smallest absolute Gasteiger partial charge is 0.338 e. The number of rotatable bonds is 9. The van der Waals surface area contributed by atoms with E-state index in [9.17, 15) is 19.1 Å². The number of hydrogen-bond donors (Lipinski definition) is 2. The van der Waals surface area contributed by atoms with E-state index in [0.29, 0.717) is 35.1 Å². The largest absolute Gasteiger partial charge is 0.481 e. The average Bonchev–Trinajstić information content (AvgIpc) is 3.66. The molecule has 2 saturated heterocycles. The van der Waals surface area contributed by atoms with Gasteiger partial charge in [0.15, 0.2) is 10.8 Å². The molecule has 0 aliphatic carbocycles. The van der Waals surface area contributed by atoms with Gasteiger partial charge in [-0.2, -0.15) is 0 Å². The van der Waals surface area contributed by atoms with Gasteiger partial charge in [-0.05, 0) is 45.4 Å². The first-order valence-corrected chi connectivity index (χ1v) is 14.7. The number of carbonyl (C=O) groups is 2. The lowest BCUT2D eigenvalue weighted by Gasteiger charge is -2.31. The molecule has 0 amide bonds. The standard InChI is InChI=1S/C28H31ClF3N5O4S/c1-27(2,26(39)40)7-10-36-9-6-19-22(36)28(31,32)14-37(19)13-18-20(25(38)41-3)21(16-5-4-15(30)12-17(16)29)35-23(34-18)24-33-8-11-42-24/h4-5,8,11-12,19,21-22H,6-7,9-10,13-14H2,1-3H3,(H,34,35)(H,39,40). The Morgan fingerprint density at radius 3 is 2.71 bits per heavy atom. The van der Waals surface area contributed by atoms with Gasteiger partial charge >= 0.3 is 11.9 Å². The van der Waals surface area contributed by atoms with Crippen molar-refractivity contribution in [1.82, 2.24) is 20.1 Å². The maximum atomic E-state index is 15.6. The van der Waals surface area contributed by atoms with E-state index in [1.807, 2.05) is 0 Å². The third-order valence-electron chi connectivity index (χ3n) is 8.17. The molecule has 5 rings (SSSR count). The number of ether oxygens (including phenoxy) is 1. The molecule has 1 aromatic carbocycles. The number of amidine groups is 1. The quantitative estimate of drug-likeness (QED) is 0.396. The Kier molecular flexibility index (Phi) is 8.40. The number of hydrogen-bond acceptors (Lipinski definition) is 9. The predicted octanol–water partition coefficient (Wildman–Crippen LogP) is 4.35. The molecule has 0 saturated carbocycles. The van der Waals surface area contributed by atoms with Crippen molar-refractivity contribution < 1.29 is 32.6 Å². The van der Waals surface area contributed by atoms with Crippen molar-refractivity contribution in [2.75, 3.05) is 33.3 Å². The van der Waals surface area contributed by atoms with E-state index < -0.39 is 53.8 Å². The van der Waals surface area contributed by atoms with Crippen molar-refractivity contribution in [1.29, 1.82) is 0 Å². The molecule has 2 N–H and O–H groups in total. The second-order valence-electron chi connectivity index (χ2n) is 11.3. The minimum Gasteiger partial charge on any atom is -0.481 e. The zero-order valence-electron chi connectivity index (χ0n) is 23.2. The van der Waals surface area contributed by atoms with Crippen molar-refractivity contribution in [3.8, 4) is 0 Å². The molecule has 3 unspecified atom stereocenters. The molecule has 1 aromatic heterocycles. The molecule has 3 aliphatic heterocycles. The highest BCUT2D eigenvalue weighted by molar-refractivity contribution is 7.11. The van der Waals surface area contributed by atoms with Crippen LogP contribution >= 0.6 is 22.9 Å². The number of nitrogens with zero attached hydrogens (tertiary/aromatic N) is 4. The van der Waals surface area contributed by atoms with Crippen LogP contribution in [0.1, 0.15) is 43.3 Å². The van der Waals surface area contributed by atoms with E-state index in [4.69, 9.17) is 21.3 Å². The second-order valence-corrected chi connectivity index (χ2v) is 12.6. The van der Waals surface area contributed by atoms with Crippen molar-refractivity contribution in [2.45, 2.75) is 50.7 Å². The van der Waals surface area contributed by atoms with Crippen molar-refractivity contribution in [3.05, 3.63) is 62.5 Å². The number of alkyl halides is 2. The lowest BCUT2D eigenvalue weighted by molar-refractivity contribution is -0.147. The molecule has 2 fully saturated rings. The van der Waals surface area contributed by atoms with Gasteiger partial charge in [0.05, 0.1) is 30.7 Å². The van der Waals surface area contributed by atoms with Crippen molar-refractivity contribution in [2.24, 2.45) is 10.4 Å². The summed E-state index contributed by atoms with van der Waals surface area (Å²) in [5.74, 6) is -5.01. The van der Waals surface area contributed by atoms with Gasteiger partial charge in [0.1, 0.15) is 11.9 Å². The summed E-state index contributed by atoms with van der Waals surface area (Å²) in [6, 6.07) is 1.14. The number of halogens is 4. The molecule has 9 nitrogen and oxygen atoms in total. The lowest BCUT2D eigenvalue weighted by atomic mass is 9.89. The molecule has 2 aromatic rings. The van der Waals surface area contributed by atoms with E-state index in [1.165, 1.54) is 30.6 Å². The Labute approximate surface area is 250 Å². The van der Waals surface area contributed by atoms with Gasteiger partial charge in [-0.1, -0.05) is 17.7 Å². The summed E-state index contributed by atoms with van der Waals surface area (Å²) in [4.78, 5) is 37.1. The molecule has 226 valence electrons. The highest BCUT2D eigenvalue weighted by Crippen LogP contribution is 2.43. The molecule has 14 heteroatoms. The Morgan fingerprint density at radius 1 is 1.31 bits per heavy atom. The van der Waals surface area contributed by atoms with Gasteiger partial charge in [-0.15, -0.1) is 11.3 Å². The molecule has 3 atom stereocenters. The fourth-order valence-corrected chi connectivity index (χ4v) is 6.73. The number of likely N-dealkylation sites (tertiary alicyclic amines) is 2. The number of aliphatic imine (C=N–C) groups is 1. The Hall–Kier alpha value is -3.00. The zero-order chi connectivity index (χ0) is 30.4. The third kappa shape index (κ3) is 5.79. The first-order chi connectivity index (χ1) is 19.8. The lowest BCUT2D eigenvalue weighted by Crippen LogP contribution is -2.46. The van der Waals surface area contributed by atoms with Crippen LogP contribution < -0.4 is 5.32 Å². The predicted molar refractivity (Wildman–Crippen MR) is 151 cm³/mol. The average molecular weight is 626 g/mol. The Bertz CT molecular complexity index is 1430. The summed E-state index contributed by atoms with van der Waals surface area (Å²) in [5, 5.41) is 14.9. The van der Waals surface area contributed by atoms with Crippen LogP contribution in [0.15, 0.2) is 46.0 Å². The van der Waals surface area contributed by atoms with Gasteiger partial charge < -0.3 is 15.2 Å². The summed E-state index contributed by atoms with van der Waals surface area (Å²) in [5.41, 5.74) is -0.296. The van der Waals surface area contributed by atoms with E-state index in [2.05, 4.69) is 10.3 Å². The van der Waals surface area contributed by atoms with Gasteiger partial charge in [0, 0.05) is 47.0 Å². The summed E-state index contributed by atoms with van der Waals surface area (Å²) >= 11 is 7.71. The molecule has 4 heterocycles. The van der Waals surface area contributed by atoms with Gasteiger partial charge in [0.2, 0.25) is 0 Å². The van der Waals surface area contributed by atoms with Crippen molar-refractivity contribution >= 4 is 40.7 Å². The van der Waals surface area contributed by atoms with Crippen LogP contribution in [0.25, 0.3) is 0 Å². The number of carbonyl (C=O) groups excluding carboxylic acids is 1. The highest BCUT2D eigenvalue weighted by atomic mass is 35.5. The normalized spacial score (nSPS) is 24.4. The van der Waals surface area contributed by atoms with Crippen LogP contribution in [0, 0.1) is 11.2 Å². The number of methoxy groups -OCH3 is 1. The number of carboxylic acid groups (broad SMARTS) is 1. The first-order valence-electron chi connectivity index (χ1n) is 13.4. The van der Waals surface area contributed by atoms with Crippen LogP contribution in [0.3, 0.4) is 0 Å². The molecular formula is C28H31ClF3N5O4S. The minimum atomic E-state index is -3.07. The second kappa shape index (κ2) is 11.6. The Balaban J connectivity index is 1.49. The van der Waals surface area contributed by atoms with Gasteiger partial charge in [-0.3, -0.25) is 19.6 Å². The fourth-order valence-electron chi connectivity index (χ4n) is 5.88. The molecule has 0 radical (unpaired) electrons. The number of aliphatic carboxylic acids is 1. The summed E-state index contributed by atoms with van der Waals surface area (Å²) < 4.78 is 50.2. The zero-order valence-corrected chi connectivity index (χ0v) is 24.8. The number of fused-ring (bicyclic) bond motifs is 1. The number of benzene rings is 1. The summed E-state index contributed by atoms with van der Waals surface area (Å²) in [7, 11) is 1.21. The molecule has 0 spiro atoms. The van der Waals surface area contributed by atoms with Gasteiger partial charge in [-0.25, -0.2) is 22.9 Å². The van der Waals surface area contributed by atoms with E-state index in [1.54, 1.807) is 35.2 Å². The highest BCUT2D eigenvalue weighted by Gasteiger charge is 2.59. The first kappa shape index (κ1) is 30.5. The molecule has 3 aliphatic rings. The van der Waals surface area contributed by atoms with Crippen LogP contribution in [0.4, 0.5) is 13.2 Å². The SMILES string of the molecule is COC(=O)C1=C(CN2CC(F)(F)C3C2CCN3CCC(C)(C)C(=O)O)NC(c2nccs2)=NC1c1ccc(F)cc1Cl. The topological polar surface area (TPSA) is 107 Å². The van der Waals surface area contributed by atoms with Crippen LogP contribution in [-0.2, 0) is 14.3 Å². The number of esters is 1. The Morgan fingerprint density at radius 2 is 2.07 bits per heavy atom. The minimum absolute atomic E-state index is 0.0463. The third-order valence-corrected chi connectivity index (χ3v) is 9.28. The molecule has 42 heavy (non-hydrogen) atoms. The van der Waals surface area contributed by atoms with E-state index >= 15 is 8.78 Å². The monoisotopic (exact) mass is 625 g/mol. The number of aromatic nitrogens is 1. The van der Waals surface area contributed by atoms with Crippen LogP contribution in [0.5, 0.6) is 0 Å². The van der Waals surface area contributed by atoms with Crippen LogP contribution in [0.2, 0.25) is 5.02 Å². The van der Waals surface area contributed by atoms with Crippen LogP contribution in [-0.4, -0.2) is 89.0 Å².